The van der Waals surface area contributed by atoms with Crippen molar-refractivity contribution in [2.24, 2.45) is 0 Å². The SMILES string of the molecule is Cc1c(Cl)ncnc1Sc1ncccn1. The van der Waals surface area contributed by atoms with Gasteiger partial charge in [-0.05, 0) is 24.8 Å². The normalized spacial score (nSPS) is 10.3. The Labute approximate surface area is 96.2 Å². The van der Waals surface area contributed by atoms with Crippen LogP contribution in [-0.2, 0) is 0 Å². The predicted molar refractivity (Wildman–Crippen MR) is 57.9 cm³/mol. The second kappa shape index (κ2) is 4.55. The van der Waals surface area contributed by atoms with Crippen LogP contribution in [0.2, 0.25) is 5.15 Å². The molecule has 4 nitrogen and oxygen atoms in total. The topological polar surface area (TPSA) is 51.6 Å². The summed E-state index contributed by atoms with van der Waals surface area (Å²) in [6.45, 7) is 1.87. The van der Waals surface area contributed by atoms with Crippen LogP contribution in [0.15, 0.2) is 35.0 Å². The fourth-order valence-electron chi connectivity index (χ4n) is 0.941. The van der Waals surface area contributed by atoms with Gasteiger partial charge in [-0.1, -0.05) is 11.6 Å². The first-order valence-electron chi connectivity index (χ1n) is 4.19. The van der Waals surface area contributed by atoms with Crippen LogP contribution < -0.4 is 0 Å². The van der Waals surface area contributed by atoms with Gasteiger partial charge in [0.15, 0.2) is 5.16 Å². The average Bonchev–Trinajstić information content (AvgIpc) is 2.26. The molecule has 0 aromatic carbocycles. The van der Waals surface area contributed by atoms with Gasteiger partial charge in [-0.3, -0.25) is 0 Å². The van der Waals surface area contributed by atoms with Crippen LogP contribution in [0.3, 0.4) is 0 Å². The second-order valence-electron chi connectivity index (χ2n) is 2.73. The molecule has 0 bridgehead atoms. The van der Waals surface area contributed by atoms with Gasteiger partial charge in [-0.25, -0.2) is 19.9 Å². The summed E-state index contributed by atoms with van der Waals surface area (Å²) in [5.41, 5.74) is 0.844. The van der Waals surface area contributed by atoms with Crippen LogP contribution in [0.4, 0.5) is 0 Å². The third kappa shape index (κ3) is 2.43. The van der Waals surface area contributed by atoms with Gasteiger partial charge in [0.2, 0.25) is 0 Å². The van der Waals surface area contributed by atoms with Gasteiger partial charge >= 0.3 is 0 Å². The molecule has 6 heteroatoms. The molecule has 0 N–H and O–H groups in total. The molecule has 0 saturated carbocycles. The standard InChI is InChI=1S/C9H7ClN4S/c1-6-7(10)13-5-14-8(6)15-9-11-3-2-4-12-9/h2-5H,1H3. The molecule has 0 atom stereocenters. The summed E-state index contributed by atoms with van der Waals surface area (Å²) in [5, 5.41) is 1.89. The van der Waals surface area contributed by atoms with E-state index in [9.17, 15) is 0 Å². The van der Waals surface area contributed by atoms with Gasteiger partial charge in [0, 0.05) is 18.0 Å². The maximum absolute atomic E-state index is 5.87. The van der Waals surface area contributed by atoms with E-state index in [1.807, 2.05) is 6.92 Å². The minimum absolute atomic E-state index is 0.462. The number of aromatic nitrogens is 4. The third-order valence-electron chi connectivity index (χ3n) is 1.71. The van der Waals surface area contributed by atoms with Gasteiger partial charge in [0.1, 0.15) is 16.5 Å². The fourth-order valence-corrected chi connectivity index (χ4v) is 1.88. The van der Waals surface area contributed by atoms with Crippen molar-refractivity contribution < 1.29 is 0 Å². The zero-order valence-electron chi connectivity index (χ0n) is 7.88. The molecule has 0 aliphatic heterocycles. The molecule has 0 aliphatic carbocycles. The van der Waals surface area contributed by atoms with Crippen molar-refractivity contribution in [1.29, 1.82) is 0 Å². The van der Waals surface area contributed by atoms with Crippen molar-refractivity contribution in [3.05, 3.63) is 35.5 Å². The minimum atomic E-state index is 0.462. The molecule has 2 aromatic heterocycles. The Kier molecular flexibility index (Phi) is 3.13. The molecule has 2 heterocycles. The van der Waals surface area contributed by atoms with Gasteiger partial charge in [0.25, 0.3) is 0 Å². The van der Waals surface area contributed by atoms with Crippen molar-refractivity contribution in [3.63, 3.8) is 0 Å². The molecule has 0 fully saturated rings. The van der Waals surface area contributed by atoms with E-state index in [0.717, 1.165) is 10.6 Å². The molecule has 0 unspecified atom stereocenters. The summed E-state index contributed by atoms with van der Waals surface area (Å²) >= 11 is 7.25. The highest BCUT2D eigenvalue weighted by atomic mass is 35.5. The first kappa shape index (κ1) is 10.3. The average molecular weight is 239 g/mol. The summed E-state index contributed by atoms with van der Waals surface area (Å²) in [6.07, 6.45) is 4.81. The molecule has 0 amide bonds. The Morgan fingerprint density at radius 1 is 1.13 bits per heavy atom. The monoisotopic (exact) mass is 238 g/mol. The Morgan fingerprint density at radius 3 is 2.60 bits per heavy atom. The minimum Gasteiger partial charge on any atom is -0.231 e. The summed E-state index contributed by atoms with van der Waals surface area (Å²) in [4.78, 5) is 16.2. The van der Waals surface area contributed by atoms with Crippen LogP contribution in [0, 0.1) is 6.92 Å². The molecule has 0 radical (unpaired) electrons. The zero-order chi connectivity index (χ0) is 10.7. The quantitative estimate of drug-likeness (QED) is 0.594. The molecule has 76 valence electrons. The lowest BCUT2D eigenvalue weighted by Crippen LogP contribution is -1.91. The zero-order valence-corrected chi connectivity index (χ0v) is 9.46. The van der Waals surface area contributed by atoms with Crippen molar-refractivity contribution in [1.82, 2.24) is 19.9 Å². The van der Waals surface area contributed by atoms with Crippen LogP contribution in [-0.4, -0.2) is 19.9 Å². The molecule has 0 aliphatic rings. The Balaban J connectivity index is 2.29. The Morgan fingerprint density at radius 2 is 1.87 bits per heavy atom. The summed E-state index contributed by atoms with van der Waals surface area (Å²) < 4.78 is 0. The van der Waals surface area contributed by atoms with E-state index >= 15 is 0 Å². The maximum atomic E-state index is 5.87. The molecule has 0 spiro atoms. The molecule has 15 heavy (non-hydrogen) atoms. The van der Waals surface area contributed by atoms with E-state index in [1.165, 1.54) is 18.1 Å². The molecular formula is C9H7ClN4S. The van der Waals surface area contributed by atoms with Crippen molar-refractivity contribution >= 4 is 23.4 Å². The highest BCUT2D eigenvalue weighted by molar-refractivity contribution is 7.99. The number of hydrogen-bond donors (Lipinski definition) is 0. The summed E-state index contributed by atoms with van der Waals surface area (Å²) in [7, 11) is 0. The number of hydrogen-bond acceptors (Lipinski definition) is 5. The first-order valence-corrected chi connectivity index (χ1v) is 5.39. The van der Waals surface area contributed by atoms with E-state index in [1.54, 1.807) is 18.5 Å². The molecule has 0 saturated heterocycles. The van der Waals surface area contributed by atoms with E-state index in [-0.39, 0.29) is 0 Å². The van der Waals surface area contributed by atoms with Crippen LogP contribution >= 0.6 is 23.4 Å². The number of nitrogens with zero attached hydrogens (tertiary/aromatic N) is 4. The highest BCUT2D eigenvalue weighted by Crippen LogP contribution is 2.27. The van der Waals surface area contributed by atoms with E-state index < -0.39 is 0 Å². The maximum Gasteiger partial charge on any atom is 0.193 e. The predicted octanol–water partition coefficient (Wildman–Crippen LogP) is 2.38. The summed E-state index contributed by atoms with van der Waals surface area (Å²) in [6, 6.07) is 1.77. The number of halogens is 1. The Bertz CT molecular complexity index is 463. The first-order chi connectivity index (χ1) is 7.27. The largest absolute Gasteiger partial charge is 0.231 e. The lowest BCUT2D eigenvalue weighted by atomic mass is 10.4. The lowest BCUT2D eigenvalue weighted by molar-refractivity contribution is 0.946. The van der Waals surface area contributed by atoms with Crippen molar-refractivity contribution in [2.45, 2.75) is 17.1 Å². The van der Waals surface area contributed by atoms with Crippen molar-refractivity contribution in [2.75, 3.05) is 0 Å². The van der Waals surface area contributed by atoms with Gasteiger partial charge in [-0.2, -0.15) is 0 Å². The van der Waals surface area contributed by atoms with Gasteiger partial charge < -0.3 is 0 Å². The van der Waals surface area contributed by atoms with Gasteiger partial charge in [-0.15, -0.1) is 0 Å². The van der Waals surface area contributed by atoms with E-state index in [0.29, 0.717) is 10.3 Å². The highest BCUT2D eigenvalue weighted by Gasteiger charge is 2.07. The molecular weight excluding hydrogens is 232 g/mol. The van der Waals surface area contributed by atoms with Gasteiger partial charge in [0.05, 0.1) is 0 Å². The third-order valence-corrected chi connectivity index (χ3v) is 3.09. The van der Waals surface area contributed by atoms with Crippen LogP contribution in [0.1, 0.15) is 5.56 Å². The van der Waals surface area contributed by atoms with E-state index in [4.69, 9.17) is 11.6 Å². The second-order valence-corrected chi connectivity index (χ2v) is 4.04. The van der Waals surface area contributed by atoms with Crippen molar-refractivity contribution in [3.8, 4) is 0 Å². The fraction of sp³-hybridized carbons (Fsp3) is 0.111. The molecule has 2 rings (SSSR count). The Hall–Kier alpha value is -1.20. The smallest absolute Gasteiger partial charge is 0.193 e. The van der Waals surface area contributed by atoms with Crippen LogP contribution in [0.5, 0.6) is 0 Å². The lowest BCUT2D eigenvalue weighted by Gasteiger charge is -2.02. The molecule has 2 aromatic rings. The van der Waals surface area contributed by atoms with Crippen LogP contribution in [0.25, 0.3) is 0 Å². The summed E-state index contributed by atoms with van der Waals surface area (Å²) in [5.74, 6) is 0. The van der Waals surface area contributed by atoms with E-state index in [2.05, 4.69) is 19.9 Å². The number of rotatable bonds is 2.